The molecular weight excluding hydrogens is 252 g/mol. The average molecular weight is 259 g/mol. The van der Waals surface area contributed by atoms with Crippen LogP contribution in [0.4, 0.5) is 0 Å². The first-order valence-electron chi connectivity index (χ1n) is 3.71. The van der Waals surface area contributed by atoms with Crippen molar-refractivity contribution in [2.75, 3.05) is 0 Å². The zero-order chi connectivity index (χ0) is 9.42. The number of hydrogen-bond acceptors (Lipinski definition) is 3. The van der Waals surface area contributed by atoms with Gasteiger partial charge >= 0.3 is 0 Å². The topological polar surface area (TPSA) is 40.5 Å². The Morgan fingerprint density at radius 1 is 1.31 bits per heavy atom. The normalized spacial score (nSPS) is 10.8. The van der Waals surface area contributed by atoms with Crippen LogP contribution in [-0.4, -0.2) is 10.2 Å². The van der Waals surface area contributed by atoms with E-state index in [4.69, 9.17) is 0 Å². The molecule has 0 aliphatic heterocycles. The Hall–Kier alpha value is -0.740. The number of thiophene rings is 1. The maximum atomic E-state index is 9.51. The van der Waals surface area contributed by atoms with Crippen LogP contribution in [0.1, 0.15) is 5.56 Å². The Balaban J connectivity index is 2.81. The SMILES string of the molecule is Oc1ccc2c(CBr)csc2c1O. The van der Waals surface area contributed by atoms with Crippen molar-refractivity contribution in [2.45, 2.75) is 5.33 Å². The van der Waals surface area contributed by atoms with Gasteiger partial charge in [0.15, 0.2) is 11.5 Å². The van der Waals surface area contributed by atoms with Crippen LogP contribution >= 0.6 is 27.3 Å². The Morgan fingerprint density at radius 2 is 2.08 bits per heavy atom. The van der Waals surface area contributed by atoms with Crippen molar-refractivity contribution in [1.82, 2.24) is 0 Å². The number of halogens is 1. The van der Waals surface area contributed by atoms with Crippen molar-refractivity contribution in [2.24, 2.45) is 0 Å². The van der Waals surface area contributed by atoms with Crippen molar-refractivity contribution in [1.29, 1.82) is 0 Å². The maximum Gasteiger partial charge on any atom is 0.175 e. The molecule has 2 rings (SSSR count). The lowest BCUT2D eigenvalue weighted by Gasteiger charge is -1.98. The predicted octanol–water partition coefficient (Wildman–Crippen LogP) is 3.21. The Labute approximate surface area is 87.6 Å². The molecule has 0 atom stereocenters. The highest BCUT2D eigenvalue weighted by molar-refractivity contribution is 9.08. The van der Waals surface area contributed by atoms with Crippen molar-refractivity contribution < 1.29 is 10.2 Å². The largest absolute Gasteiger partial charge is 0.504 e. The minimum Gasteiger partial charge on any atom is -0.504 e. The molecule has 0 saturated carbocycles. The van der Waals surface area contributed by atoms with E-state index in [1.165, 1.54) is 17.4 Å². The van der Waals surface area contributed by atoms with Gasteiger partial charge in [0.2, 0.25) is 0 Å². The minimum atomic E-state index is -0.0597. The second-order valence-electron chi connectivity index (χ2n) is 2.70. The number of alkyl halides is 1. The van der Waals surface area contributed by atoms with Crippen molar-refractivity contribution >= 4 is 37.4 Å². The summed E-state index contributed by atoms with van der Waals surface area (Å²) in [4.78, 5) is 0. The average Bonchev–Trinajstić information content (AvgIpc) is 2.55. The van der Waals surface area contributed by atoms with Gasteiger partial charge in [0.1, 0.15) is 0 Å². The van der Waals surface area contributed by atoms with E-state index >= 15 is 0 Å². The summed E-state index contributed by atoms with van der Waals surface area (Å²) < 4.78 is 0.745. The highest BCUT2D eigenvalue weighted by atomic mass is 79.9. The van der Waals surface area contributed by atoms with Gasteiger partial charge in [-0.2, -0.15) is 0 Å². The number of phenols is 2. The number of aromatic hydroxyl groups is 2. The molecule has 0 bridgehead atoms. The molecule has 0 spiro atoms. The summed E-state index contributed by atoms with van der Waals surface area (Å²) in [6.07, 6.45) is 0. The highest BCUT2D eigenvalue weighted by Gasteiger charge is 2.09. The van der Waals surface area contributed by atoms with Crippen LogP contribution in [0.2, 0.25) is 0 Å². The second-order valence-corrected chi connectivity index (χ2v) is 4.14. The highest BCUT2D eigenvalue weighted by Crippen LogP contribution is 2.39. The third-order valence-electron chi connectivity index (χ3n) is 1.92. The van der Waals surface area contributed by atoms with Crippen molar-refractivity contribution in [3.8, 4) is 11.5 Å². The molecule has 0 aliphatic rings. The fourth-order valence-corrected chi connectivity index (χ4v) is 2.92. The van der Waals surface area contributed by atoms with Crippen LogP contribution < -0.4 is 0 Å². The van der Waals surface area contributed by atoms with E-state index in [-0.39, 0.29) is 11.5 Å². The molecular formula is C9H7BrO2S. The monoisotopic (exact) mass is 258 g/mol. The molecule has 2 aromatic rings. The Morgan fingerprint density at radius 3 is 2.77 bits per heavy atom. The van der Waals surface area contributed by atoms with Gasteiger partial charge in [-0.25, -0.2) is 0 Å². The van der Waals surface area contributed by atoms with Crippen LogP contribution in [0.25, 0.3) is 10.1 Å². The zero-order valence-corrected chi connectivity index (χ0v) is 9.02. The van der Waals surface area contributed by atoms with Gasteiger partial charge in [0, 0.05) is 10.7 Å². The standard InChI is InChI=1S/C9H7BrO2S/c10-3-5-4-13-9-6(5)1-2-7(11)8(9)12/h1-2,4,11-12H,3H2. The second kappa shape index (κ2) is 3.20. The number of fused-ring (bicyclic) bond motifs is 1. The number of rotatable bonds is 1. The first kappa shape index (κ1) is 8.84. The first-order valence-corrected chi connectivity index (χ1v) is 5.71. The fraction of sp³-hybridized carbons (Fsp3) is 0.111. The Kier molecular flexibility index (Phi) is 2.17. The number of hydrogen-bond donors (Lipinski definition) is 2. The summed E-state index contributed by atoms with van der Waals surface area (Å²) >= 11 is 4.80. The molecule has 0 aliphatic carbocycles. The summed E-state index contributed by atoms with van der Waals surface area (Å²) in [6.45, 7) is 0. The number of phenolic OH excluding ortho intramolecular Hbond substituents is 2. The lowest BCUT2D eigenvalue weighted by Crippen LogP contribution is -1.73. The summed E-state index contributed by atoms with van der Waals surface area (Å²) in [6, 6.07) is 3.33. The Bertz CT molecular complexity index is 450. The molecule has 1 aromatic carbocycles. The van der Waals surface area contributed by atoms with Gasteiger partial charge < -0.3 is 10.2 Å². The molecule has 4 heteroatoms. The van der Waals surface area contributed by atoms with E-state index in [9.17, 15) is 10.2 Å². The third kappa shape index (κ3) is 1.30. The summed E-state index contributed by atoms with van der Waals surface area (Å²) in [7, 11) is 0. The minimum absolute atomic E-state index is 0.0188. The predicted molar refractivity (Wildman–Crippen MR) is 57.8 cm³/mol. The van der Waals surface area contributed by atoms with Crippen LogP contribution in [0.15, 0.2) is 17.5 Å². The van der Waals surface area contributed by atoms with Crippen molar-refractivity contribution in [3.05, 3.63) is 23.1 Å². The van der Waals surface area contributed by atoms with E-state index in [2.05, 4.69) is 15.9 Å². The third-order valence-corrected chi connectivity index (χ3v) is 3.57. The molecule has 68 valence electrons. The van der Waals surface area contributed by atoms with Gasteiger partial charge in [-0.05, 0) is 23.1 Å². The van der Waals surface area contributed by atoms with Gasteiger partial charge in [-0.15, -0.1) is 11.3 Å². The van der Waals surface area contributed by atoms with Gasteiger partial charge in [0.05, 0.1) is 4.70 Å². The van der Waals surface area contributed by atoms with Crippen LogP contribution in [0, 0.1) is 0 Å². The van der Waals surface area contributed by atoms with Crippen molar-refractivity contribution in [3.63, 3.8) is 0 Å². The van der Waals surface area contributed by atoms with Crippen LogP contribution in [-0.2, 0) is 5.33 Å². The molecule has 0 unspecified atom stereocenters. The van der Waals surface area contributed by atoms with Crippen LogP contribution in [0.5, 0.6) is 11.5 Å². The van der Waals surface area contributed by atoms with E-state index in [1.54, 1.807) is 0 Å². The summed E-state index contributed by atoms with van der Waals surface area (Å²) in [5.41, 5.74) is 1.13. The quantitative estimate of drug-likeness (QED) is 0.609. The lowest BCUT2D eigenvalue weighted by atomic mass is 10.2. The van der Waals surface area contributed by atoms with E-state index < -0.39 is 0 Å². The maximum absolute atomic E-state index is 9.51. The first-order chi connectivity index (χ1) is 6.24. The van der Waals surface area contributed by atoms with Gasteiger partial charge in [-0.3, -0.25) is 0 Å². The van der Waals surface area contributed by atoms with Gasteiger partial charge in [0.25, 0.3) is 0 Å². The fourth-order valence-electron chi connectivity index (χ4n) is 1.23. The molecule has 1 aromatic heterocycles. The molecule has 2 nitrogen and oxygen atoms in total. The van der Waals surface area contributed by atoms with Crippen LogP contribution in [0.3, 0.4) is 0 Å². The molecule has 1 heterocycles. The molecule has 2 N–H and O–H groups in total. The molecule has 0 radical (unpaired) electrons. The van der Waals surface area contributed by atoms with E-state index in [0.29, 0.717) is 0 Å². The van der Waals surface area contributed by atoms with E-state index in [0.717, 1.165) is 21.0 Å². The molecule has 13 heavy (non-hydrogen) atoms. The number of benzene rings is 1. The molecule has 0 saturated heterocycles. The zero-order valence-electron chi connectivity index (χ0n) is 6.62. The lowest BCUT2D eigenvalue weighted by molar-refractivity contribution is 0.409. The molecule has 0 amide bonds. The molecule has 0 fully saturated rings. The smallest absolute Gasteiger partial charge is 0.175 e. The van der Waals surface area contributed by atoms with Gasteiger partial charge in [-0.1, -0.05) is 15.9 Å². The summed E-state index contributed by atoms with van der Waals surface area (Å²) in [5, 5.41) is 22.5. The summed E-state index contributed by atoms with van der Waals surface area (Å²) in [5.74, 6) is -0.0785. The van der Waals surface area contributed by atoms with E-state index in [1.807, 2.05) is 11.4 Å².